The number of thioether (sulfide) groups is 1. The lowest BCUT2D eigenvalue weighted by molar-refractivity contribution is 0.552. The van der Waals surface area contributed by atoms with E-state index in [0.717, 1.165) is 18.6 Å². The van der Waals surface area contributed by atoms with Gasteiger partial charge in [0.15, 0.2) is 0 Å². The first-order valence-electron chi connectivity index (χ1n) is 6.62. The summed E-state index contributed by atoms with van der Waals surface area (Å²) in [7, 11) is -3.79. The van der Waals surface area contributed by atoms with Crippen LogP contribution in [-0.4, -0.2) is 26.0 Å². The predicted octanol–water partition coefficient (Wildman–Crippen LogP) is 1.85. The second-order valence-corrected chi connectivity index (χ2v) is 7.95. The van der Waals surface area contributed by atoms with Crippen LogP contribution in [0.25, 0.3) is 0 Å². The van der Waals surface area contributed by atoms with Crippen LogP contribution in [0.2, 0.25) is 0 Å². The quantitative estimate of drug-likeness (QED) is 0.869. The zero-order valence-electron chi connectivity index (χ0n) is 11.1. The molecule has 1 aliphatic heterocycles. The second kappa shape index (κ2) is 6.89. The molecule has 1 aromatic rings. The fraction of sp³-hybridized carbons (Fsp3) is 0.538. The van der Waals surface area contributed by atoms with E-state index in [1.807, 2.05) is 0 Å². The maximum Gasteiger partial charge on any atom is 0.243 e. The number of benzene rings is 1. The van der Waals surface area contributed by atoms with Gasteiger partial charge >= 0.3 is 0 Å². The average Bonchev–Trinajstić information content (AvgIpc) is 2.46. The van der Waals surface area contributed by atoms with Crippen molar-refractivity contribution in [3.05, 3.63) is 29.6 Å². The molecule has 1 fully saturated rings. The van der Waals surface area contributed by atoms with Gasteiger partial charge in [-0.05, 0) is 36.3 Å². The highest BCUT2D eigenvalue weighted by atomic mass is 32.2. The Morgan fingerprint density at radius 1 is 1.40 bits per heavy atom. The van der Waals surface area contributed by atoms with Gasteiger partial charge in [-0.3, -0.25) is 0 Å². The Hall–Kier alpha value is -0.630. The van der Waals surface area contributed by atoms with Crippen LogP contribution in [0.3, 0.4) is 0 Å². The minimum Gasteiger partial charge on any atom is -0.326 e. The zero-order chi connectivity index (χ0) is 14.6. The van der Waals surface area contributed by atoms with E-state index in [1.54, 1.807) is 11.8 Å². The van der Waals surface area contributed by atoms with Crippen molar-refractivity contribution >= 4 is 21.8 Å². The number of nitrogens with two attached hydrogens (primary N) is 1. The van der Waals surface area contributed by atoms with Crippen LogP contribution in [0.1, 0.15) is 24.8 Å². The summed E-state index contributed by atoms with van der Waals surface area (Å²) in [5, 5.41) is 0.282. The van der Waals surface area contributed by atoms with Gasteiger partial charge in [0.05, 0.1) is 0 Å². The van der Waals surface area contributed by atoms with Gasteiger partial charge in [0.1, 0.15) is 10.7 Å². The maximum atomic E-state index is 13.8. The molecule has 112 valence electrons. The third-order valence-electron chi connectivity index (χ3n) is 3.30. The van der Waals surface area contributed by atoms with Gasteiger partial charge < -0.3 is 5.73 Å². The molecule has 1 atom stereocenters. The molecular formula is C13H19FN2O2S2. The summed E-state index contributed by atoms with van der Waals surface area (Å²) in [6.07, 6.45) is 3.31. The Labute approximate surface area is 123 Å². The van der Waals surface area contributed by atoms with E-state index >= 15 is 0 Å². The van der Waals surface area contributed by atoms with E-state index < -0.39 is 15.8 Å². The van der Waals surface area contributed by atoms with Crippen molar-refractivity contribution < 1.29 is 12.8 Å². The van der Waals surface area contributed by atoms with Crippen molar-refractivity contribution in [2.75, 3.05) is 12.3 Å². The van der Waals surface area contributed by atoms with Gasteiger partial charge in [0.25, 0.3) is 0 Å². The first-order valence-corrected chi connectivity index (χ1v) is 9.16. The minimum absolute atomic E-state index is 0.184. The molecule has 7 heteroatoms. The normalized spacial score (nSPS) is 20.0. The monoisotopic (exact) mass is 318 g/mol. The van der Waals surface area contributed by atoms with Crippen LogP contribution in [0.5, 0.6) is 0 Å². The maximum absolute atomic E-state index is 13.8. The van der Waals surface area contributed by atoms with Crippen molar-refractivity contribution in [1.29, 1.82) is 0 Å². The van der Waals surface area contributed by atoms with Gasteiger partial charge in [-0.2, -0.15) is 11.8 Å². The van der Waals surface area contributed by atoms with E-state index in [-0.39, 0.29) is 16.7 Å². The summed E-state index contributed by atoms with van der Waals surface area (Å²) in [5.41, 5.74) is 5.97. The van der Waals surface area contributed by atoms with Crippen molar-refractivity contribution in [3.8, 4) is 0 Å². The highest BCUT2D eigenvalue weighted by Crippen LogP contribution is 2.25. The molecule has 0 spiro atoms. The lowest BCUT2D eigenvalue weighted by atomic mass is 10.2. The molecule has 2 rings (SSSR count). The van der Waals surface area contributed by atoms with Gasteiger partial charge in [0.2, 0.25) is 10.0 Å². The zero-order valence-corrected chi connectivity index (χ0v) is 12.8. The molecule has 4 nitrogen and oxygen atoms in total. The van der Waals surface area contributed by atoms with E-state index in [4.69, 9.17) is 5.73 Å². The SMILES string of the molecule is NCc1ccc(S(=O)(=O)NCC2CCCCS2)c(F)c1. The Morgan fingerprint density at radius 2 is 2.20 bits per heavy atom. The van der Waals surface area contributed by atoms with Crippen LogP contribution in [0.15, 0.2) is 23.1 Å². The van der Waals surface area contributed by atoms with Crippen LogP contribution in [0, 0.1) is 5.82 Å². The number of rotatable bonds is 5. The molecule has 1 aliphatic rings. The van der Waals surface area contributed by atoms with Crippen molar-refractivity contribution in [2.24, 2.45) is 5.73 Å². The molecule has 0 saturated carbocycles. The first-order chi connectivity index (χ1) is 9.53. The number of halogens is 1. The molecule has 0 aromatic heterocycles. The third-order valence-corrected chi connectivity index (χ3v) is 6.15. The van der Waals surface area contributed by atoms with Crippen LogP contribution in [0.4, 0.5) is 4.39 Å². The standard InChI is InChI=1S/C13H19FN2O2S2/c14-12-7-10(8-15)4-5-13(12)20(17,18)16-9-11-3-1-2-6-19-11/h4-5,7,11,16H,1-3,6,8-9,15H2. The third kappa shape index (κ3) is 3.94. The molecule has 0 amide bonds. The van der Waals surface area contributed by atoms with Crippen LogP contribution < -0.4 is 10.5 Å². The van der Waals surface area contributed by atoms with E-state index in [0.29, 0.717) is 12.1 Å². The molecule has 1 saturated heterocycles. The second-order valence-electron chi connectivity index (χ2n) is 4.81. The summed E-state index contributed by atoms with van der Waals surface area (Å²) < 4.78 is 40.5. The Morgan fingerprint density at radius 3 is 2.80 bits per heavy atom. The predicted molar refractivity (Wildman–Crippen MR) is 79.6 cm³/mol. The van der Waals surface area contributed by atoms with Gasteiger partial charge in [-0.1, -0.05) is 12.5 Å². The van der Waals surface area contributed by atoms with Crippen LogP contribution >= 0.6 is 11.8 Å². The average molecular weight is 318 g/mol. The van der Waals surface area contributed by atoms with Crippen molar-refractivity contribution in [2.45, 2.75) is 36.0 Å². The molecule has 1 unspecified atom stereocenters. The van der Waals surface area contributed by atoms with Gasteiger partial charge in [-0.15, -0.1) is 0 Å². The fourth-order valence-corrected chi connectivity index (χ4v) is 4.62. The topological polar surface area (TPSA) is 72.2 Å². The number of nitrogens with one attached hydrogen (secondary N) is 1. The lowest BCUT2D eigenvalue weighted by Crippen LogP contribution is -2.32. The molecule has 3 N–H and O–H groups in total. The molecular weight excluding hydrogens is 299 g/mol. The molecule has 1 aromatic carbocycles. The highest BCUT2D eigenvalue weighted by Gasteiger charge is 2.22. The van der Waals surface area contributed by atoms with E-state index in [9.17, 15) is 12.8 Å². The molecule has 1 heterocycles. The number of hydrogen-bond acceptors (Lipinski definition) is 4. The van der Waals surface area contributed by atoms with Crippen molar-refractivity contribution in [3.63, 3.8) is 0 Å². The molecule has 20 heavy (non-hydrogen) atoms. The van der Waals surface area contributed by atoms with E-state index in [1.165, 1.54) is 24.6 Å². The molecule has 0 bridgehead atoms. The lowest BCUT2D eigenvalue weighted by Gasteiger charge is -2.21. The Balaban J connectivity index is 2.05. The summed E-state index contributed by atoms with van der Waals surface area (Å²) in [6.45, 7) is 0.536. The summed E-state index contributed by atoms with van der Waals surface area (Å²) >= 11 is 1.77. The summed E-state index contributed by atoms with van der Waals surface area (Å²) in [6, 6.07) is 3.98. The summed E-state index contributed by atoms with van der Waals surface area (Å²) in [5.74, 6) is 0.308. The molecule has 0 aliphatic carbocycles. The fourth-order valence-electron chi connectivity index (χ4n) is 2.14. The van der Waals surface area contributed by atoms with E-state index in [2.05, 4.69) is 4.72 Å². The van der Waals surface area contributed by atoms with Crippen molar-refractivity contribution in [1.82, 2.24) is 4.72 Å². The molecule has 0 radical (unpaired) electrons. The Kier molecular flexibility index (Phi) is 5.42. The summed E-state index contributed by atoms with van der Waals surface area (Å²) in [4.78, 5) is -0.310. The number of hydrogen-bond donors (Lipinski definition) is 2. The smallest absolute Gasteiger partial charge is 0.243 e. The van der Waals surface area contributed by atoms with Gasteiger partial charge in [-0.25, -0.2) is 17.5 Å². The first kappa shape index (κ1) is 15.8. The highest BCUT2D eigenvalue weighted by molar-refractivity contribution is 8.00. The van der Waals surface area contributed by atoms with Crippen LogP contribution in [-0.2, 0) is 16.6 Å². The Bertz CT molecular complexity index is 557. The largest absolute Gasteiger partial charge is 0.326 e. The van der Waals surface area contributed by atoms with Gasteiger partial charge in [0, 0.05) is 18.3 Å². The minimum atomic E-state index is -3.79. The number of sulfonamides is 1.